The lowest BCUT2D eigenvalue weighted by Gasteiger charge is -2.62. The van der Waals surface area contributed by atoms with Crippen LogP contribution in [0.4, 0.5) is 0 Å². The van der Waals surface area contributed by atoms with E-state index < -0.39 is 0 Å². The van der Waals surface area contributed by atoms with Crippen molar-refractivity contribution in [3.05, 3.63) is 0 Å². The molecule has 0 N–H and O–H groups in total. The van der Waals surface area contributed by atoms with Crippen LogP contribution in [0.1, 0.15) is 98.3 Å². The Bertz CT molecular complexity index is 430. The summed E-state index contributed by atoms with van der Waals surface area (Å²) in [5.74, 6) is 4.29. The van der Waals surface area contributed by atoms with Crippen molar-refractivity contribution in [3.63, 3.8) is 0 Å². The first kappa shape index (κ1) is 15.5. The van der Waals surface area contributed by atoms with Crippen molar-refractivity contribution in [1.82, 2.24) is 0 Å². The molecule has 4 aliphatic rings. The quantitative estimate of drug-likeness (QED) is 0.459. The molecule has 4 saturated carbocycles. The summed E-state index contributed by atoms with van der Waals surface area (Å²) in [6.45, 7) is 10.4. The highest BCUT2D eigenvalue weighted by atomic mass is 14.7. The summed E-state index contributed by atoms with van der Waals surface area (Å²) in [6.07, 6.45) is 17.0. The van der Waals surface area contributed by atoms with Crippen molar-refractivity contribution >= 4 is 0 Å². The molecule has 0 bridgehead atoms. The summed E-state index contributed by atoms with van der Waals surface area (Å²) < 4.78 is 0. The smallest absolute Gasteiger partial charge is 0.0218 e. The van der Waals surface area contributed by atoms with Crippen LogP contribution in [-0.2, 0) is 0 Å². The molecule has 4 aliphatic carbocycles. The summed E-state index contributed by atoms with van der Waals surface area (Å²) in [5.41, 5.74) is 1.92. The molecule has 1 unspecified atom stereocenters. The van der Waals surface area contributed by atoms with E-state index in [-0.39, 0.29) is 0 Å². The van der Waals surface area contributed by atoms with Crippen LogP contribution in [0.15, 0.2) is 0 Å². The predicted octanol–water partition coefficient (Wildman–Crippen LogP) is 6.84. The Morgan fingerprint density at radius 3 is 2.32 bits per heavy atom. The molecule has 0 aromatic heterocycles. The first-order valence-corrected chi connectivity index (χ1v) is 10.4. The average Bonchev–Trinajstić information content (AvgIpc) is 2.91. The second-order valence-electron chi connectivity index (χ2n) is 10.7. The lowest BCUT2D eigenvalue weighted by Crippen LogP contribution is -2.55. The van der Waals surface area contributed by atoms with Crippen molar-refractivity contribution in [3.8, 4) is 0 Å². The molecule has 0 saturated heterocycles. The largest absolute Gasteiger partial charge is 0.0596 e. The maximum absolute atomic E-state index is 2.71. The molecule has 0 heterocycles. The maximum Gasteiger partial charge on any atom is -0.0218 e. The molecule has 0 aliphatic heterocycles. The lowest BCUT2D eigenvalue weighted by molar-refractivity contribution is -0.134. The molecule has 0 amide bonds. The number of rotatable bonds is 0. The third-order valence-electron chi connectivity index (χ3n) is 9.42. The zero-order chi connectivity index (χ0) is 15.6. The van der Waals surface area contributed by atoms with E-state index in [2.05, 4.69) is 27.7 Å². The van der Waals surface area contributed by atoms with E-state index in [4.69, 9.17) is 0 Å². The summed E-state index contributed by atoms with van der Waals surface area (Å²) in [7, 11) is 0. The number of hydrogen-bond donors (Lipinski definition) is 0. The van der Waals surface area contributed by atoms with Gasteiger partial charge in [-0.05, 0) is 91.3 Å². The molecule has 22 heavy (non-hydrogen) atoms. The first-order chi connectivity index (χ1) is 10.4. The third kappa shape index (κ3) is 1.94. The zero-order valence-corrected chi connectivity index (χ0v) is 15.6. The van der Waals surface area contributed by atoms with Crippen molar-refractivity contribution < 1.29 is 0 Å². The first-order valence-electron chi connectivity index (χ1n) is 10.4. The van der Waals surface area contributed by atoms with Gasteiger partial charge in [-0.2, -0.15) is 0 Å². The molecule has 4 rings (SSSR count). The van der Waals surface area contributed by atoms with Gasteiger partial charge in [0.15, 0.2) is 0 Å². The van der Waals surface area contributed by atoms with Gasteiger partial charge >= 0.3 is 0 Å². The Hall–Kier alpha value is 0. The highest BCUT2D eigenvalue weighted by Gasteiger charge is 2.61. The van der Waals surface area contributed by atoms with E-state index in [0.717, 1.165) is 23.7 Å². The minimum absolute atomic E-state index is 0.517. The lowest BCUT2D eigenvalue weighted by atomic mass is 9.42. The van der Waals surface area contributed by atoms with Gasteiger partial charge in [-0.15, -0.1) is 0 Å². The second-order valence-corrected chi connectivity index (χ2v) is 10.7. The fraction of sp³-hybridized carbons (Fsp3) is 1.00. The van der Waals surface area contributed by atoms with Gasteiger partial charge in [0.05, 0.1) is 0 Å². The Kier molecular flexibility index (Phi) is 3.53. The third-order valence-corrected chi connectivity index (χ3v) is 9.42. The second kappa shape index (κ2) is 5.00. The molecule has 6 atom stereocenters. The van der Waals surface area contributed by atoms with Crippen LogP contribution in [0.3, 0.4) is 0 Å². The molecule has 0 heteroatoms. The Morgan fingerprint density at radius 2 is 1.55 bits per heavy atom. The van der Waals surface area contributed by atoms with Crippen LogP contribution in [0, 0.1) is 39.9 Å². The van der Waals surface area contributed by atoms with E-state index >= 15 is 0 Å². The molecule has 0 spiro atoms. The Labute approximate surface area is 138 Å². The van der Waals surface area contributed by atoms with Crippen molar-refractivity contribution in [2.75, 3.05) is 0 Å². The van der Waals surface area contributed by atoms with Gasteiger partial charge in [-0.3, -0.25) is 0 Å². The molecule has 0 aromatic carbocycles. The van der Waals surface area contributed by atoms with Gasteiger partial charge in [0.2, 0.25) is 0 Å². The van der Waals surface area contributed by atoms with Crippen LogP contribution in [-0.4, -0.2) is 0 Å². The van der Waals surface area contributed by atoms with Gasteiger partial charge in [0, 0.05) is 0 Å². The Balaban J connectivity index is 1.67. The maximum atomic E-state index is 2.71. The molecule has 0 radical (unpaired) electrons. The van der Waals surface area contributed by atoms with Crippen molar-refractivity contribution in [2.45, 2.75) is 98.3 Å². The summed E-state index contributed by atoms with van der Waals surface area (Å²) in [5, 5.41) is 0. The van der Waals surface area contributed by atoms with Gasteiger partial charge < -0.3 is 0 Å². The monoisotopic (exact) mass is 302 g/mol. The highest BCUT2D eigenvalue weighted by molar-refractivity contribution is 5.10. The van der Waals surface area contributed by atoms with Gasteiger partial charge in [0.1, 0.15) is 0 Å². The summed E-state index contributed by atoms with van der Waals surface area (Å²) >= 11 is 0. The van der Waals surface area contributed by atoms with Crippen molar-refractivity contribution in [1.29, 1.82) is 0 Å². The van der Waals surface area contributed by atoms with Crippen LogP contribution < -0.4 is 0 Å². The molecule has 4 fully saturated rings. The van der Waals surface area contributed by atoms with E-state index in [1.54, 1.807) is 44.9 Å². The fourth-order valence-electron chi connectivity index (χ4n) is 8.25. The molecular weight excluding hydrogens is 264 g/mol. The molecular formula is C22H38. The molecule has 0 aromatic rings. The Morgan fingerprint density at radius 1 is 0.727 bits per heavy atom. The van der Waals surface area contributed by atoms with Crippen LogP contribution in [0.5, 0.6) is 0 Å². The zero-order valence-electron chi connectivity index (χ0n) is 15.6. The van der Waals surface area contributed by atoms with Gasteiger partial charge in [0.25, 0.3) is 0 Å². The fourth-order valence-corrected chi connectivity index (χ4v) is 8.25. The predicted molar refractivity (Wildman–Crippen MR) is 94.7 cm³/mol. The average molecular weight is 303 g/mol. The van der Waals surface area contributed by atoms with Gasteiger partial charge in [-0.25, -0.2) is 0 Å². The van der Waals surface area contributed by atoms with E-state index in [1.807, 2.05) is 0 Å². The van der Waals surface area contributed by atoms with Gasteiger partial charge in [-0.1, -0.05) is 47.0 Å². The minimum Gasteiger partial charge on any atom is -0.0596 e. The van der Waals surface area contributed by atoms with Crippen molar-refractivity contribution in [2.24, 2.45) is 39.9 Å². The van der Waals surface area contributed by atoms with Crippen LogP contribution in [0.25, 0.3) is 0 Å². The van der Waals surface area contributed by atoms with Crippen LogP contribution >= 0.6 is 0 Å². The van der Waals surface area contributed by atoms with E-state index in [9.17, 15) is 0 Å². The summed E-state index contributed by atoms with van der Waals surface area (Å²) in [6, 6.07) is 0. The standard InChI is InChI=1S/C22H38/c1-20(2,3)22-14-7-9-19(22)17-11-10-16-8-5-6-13-21(16,4)18(17)12-15-22/h16-19H,5-15H2,1-4H3/t16?,17-,18+,19+,21+,22-/m1/s1. The topological polar surface area (TPSA) is 0 Å². The van der Waals surface area contributed by atoms with E-state index in [0.29, 0.717) is 16.2 Å². The minimum atomic E-state index is 0.517. The molecule has 126 valence electrons. The number of fused-ring (bicyclic) bond motifs is 5. The molecule has 0 nitrogen and oxygen atoms in total. The number of hydrogen-bond acceptors (Lipinski definition) is 0. The SMILES string of the molecule is CC(C)(C)[C@@]12CCC[C@H]1[C@@H]1CCC3CCCC[C@]3(C)[C@H]1CC2. The summed E-state index contributed by atoms with van der Waals surface area (Å²) in [4.78, 5) is 0. The highest BCUT2D eigenvalue weighted by Crippen LogP contribution is 2.69. The van der Waals surface area contributed by atoms with E-state index in [1.165, 1.54) is 25.7 Å². The van der Waals surface area contributed by atoms with Crippen LogP contribution in [0.2, 0.25) is 0 Å². The normalized spacial score (nSPS) is 51.8.